The SMILES string of the molecule is C.N#Cc1cccc([C@H]2NC(=O)C[C@@H](c3cccc(Cl)c3)[C@]23C(=O)Nc2cc(Cl)ccc23)c1. The summed E-state index contributed by atoms with van der Waals surface area (Å²) in [6, 6.07) is 21.0. The lowest BCUT2D eigenvalue weighted by atomic mass is 9.59. The third-order valence-electron chi connectivity index (χ3n) is 6.35. The molecule has 0 aromatic heterocycles. The number of fused-ring (bicyclic) bond motifs is 2. The number of halogens is 2. The molecule has 3 atom stereocenters. The van der Waals surface area contributed by atoms with Gasteiger partial charge in [-0.15, -0.1) is 0 Å². The van der Waals surface area contributed by atoms with Crippen LogP contribution in [0.3, 0.4) is 0 Å². The summed E-state index contributed by atoms with van der Waals surface area (Å²) in [4.78, 5) is 26.8. The Morgan fingerprint density at radius 2 is 1.67 bits per heavy atom. The van der Waals surface area contributed by atoms with Crippen molar-refractivity contribution in [2.75, 3.05) is 5.32 Å². The molecule has 166 valence electrons. The zero-order valence-electron chi connectivity index (χ0n) is 16.7. The summed E-state index contributed by atoms with van der Waals surface area (Å²) >= 11 is 12.5. The number of anilines is 1. The summed E-state index contributed by atoms with van der Waals surface area (Å²) in [6.45, 7) is 0. The van der Waals surface area contributed by atoms with Gasteiger partial charge in [-0.05, 0) is 53.1 Å². The first-order valence-corrected chi connectivity index (χ1v) is 10.9. The zero-order valence-corrected chi connectivity index (χ0v) is 18.2. The standard InChI is InChI=1S/C25H17Cl2N3O2.CH4/c26-17-6-2-4-15(10-17)20-12-22(31)30-23(16-5-1-3-14(9-16)13-28)25(20)19-8-7-18(27)11-21(19)29-24(25)32;/h1-11,20,23H,12H2,(H,29,32)(H,30,31);1H4/t20-,23+,25-;/m0./s1. The number of benzene rings is 3. The number of nitriles is 1. The number of amides is 2. The molecule has 0 unspecified atom stereocenters. The second-order valence-corrected chi connectivity index (χ2v) is 8.94. The minimum atomic E-state index is -1.15. The molecule has 2 aliphatic heterocycles. The van der Waals surface area contributed by atoms with Gasteiger partial charge in [-0.25, -0.2) is 0 Å². The molecule has 0 saturated carbocycles. The Balaban J connectivity index is 0.00000259. The summed E-state index contributed by atoms with van der Waals surface area (Å²) in [6.07, 6.45) is 0.115. The van der Waals surface area contributed by atoms with Crippen molar-refractivity contribution in [3.63, 3.8) is 0 Å². The molecule has 7 heteroatoms. The zero-order chi connectivity index (χ0) is 22.5. The largest absolute Gasteiger partial charge is 0.348 e. The van der Waals surface area contributed by atoms with E-state index in [4.69, 9.17) is 23.2 Å². The lowest BCUT2D eigenvalue weighted by Crippen LogP contribution is -2.56. The van der Waals surface area contributed by atoms with E-state index in [1.807, 2.05) is 24.3 Å². The van der Waals surface area contributed by atoms with Gasteiger partial charge < -0.3 is 10.6 Å². The van der Waals surface area contributed by atoms with Gasteiger partial charge in [0.05, 0.1) is 17.7 Å². The highest BCUT2D eigenvalue weighted by Gasteiger charge is 2.61. The number of piperidine rings is 1. The Kier molecular flexibility index (Phi) is 5.92. The number of hydrogen-bond acceptors (Lipinski definition) is 3. The smallest absolute Gasteiger partial charge is 0.238 e. The van der Waals surface area contributed by atoms with Crippen molar-refractivity contribution in [2.24, 2.45) is 0 Å². The Hall–Kier alpha value is -3.33. The van der Waals surface area contributed by atoms with Gasteiger partial charge in [-0.3, -0.25) is 9.59 Å². The quantitative estimate of drug-likeness (QED) is 0.493. The number of rotatable bonds is 2. The monoisotopic (exact) mass is 477 g/mol. The Morgan fingerprint density at radius 3 is 2.42 bits per heavy atom. The average molecular weight is 478 g/mol. The van der Waals surface area contributed by atoms with Crippen LogP contribution in [0.1, 0.15) is 48.1 Å². The van der Waals surface area contributed by atoms with E-state index in [0.717, 1.165) is 11.1 Å². The van der Waals surface area contributed by atoms with Crippen LogP contribution < -0.4 is 10.6 Å². The predicted molar refractivity (Wildman–Crippen MR) is 129 cm³/mol. The van der Waals surface area contributed by atoms with Crippen molar-refractivity contribution in [3.05, 3.63) is 99.0 Å². The van der Waals surface area contributed by atoms with Crippen molar-refractivity contribution >= 4 is 40.7 Å². The molecule has 3 aromatic rings. The molecule has 2 aliphatic rings. The van der Waals surface area contributed by atoms with Crippen LogP contribution in [0.4, 0.5) is 5.69 Å². The average Bonchev–Trinajstić information content (AvgIpc) is 3.06. The molecule has 3 aromatic carbocycles. The minimum absolute atomic E-state index is 0. The second kappa shape index (κ2) is 8.55. The van der Waals surface area contributed by atoms with E-state index in [1.54, 1.807) is 42.5 Å². The van der Waals surface area contributed by atoms with Crippen LogP contribution in [-0.4, -0.2) is 11.8 Å². The molecule has 1 spiro atoms. The minimum Gasteiger partial charge on any atom is -0.348 e. The summed E-state index contributed by atoms with van der Waals surface area (Å²) in [7, 11) is 0. The van der Waals surface area contributed by atoms with Gasteiger partial charge in [-0.2, -0.15) is 5.26 Å². The number of carbonyl (C=O) groups is 2. The Bertz CT molecular complexity index is 1320. The molecule has 1 fully saturated rings. The highest BCUT2D eigenvalue weighted by Crippen LogP contribution is 2.57. The molecule has 0 aliphatic carbocycles. The first kappa shape index (κ1) is 22.8. The van der Waals surface area contributed by atoms with Crippen molar-refractivity contribution in [1.29, 1.82) is 5.26 Å². The van der Waals surface area contributed by atoms with Crippen LogP contribution in [0.5, 0.6) is 0 Å². The topological polar surface area (TPSA) is 82.0 Å². The summed E-state index contributed by atoms with van der Waals surface area (Å²) < 4.78 is 0. The fraction of sp³-hybridized carbons (Fsp3) is 0.192. The van der Waals surface area contributed by atoms with E-state index >= 15 is 0 Å². The molecule has 5 rings (SSSR count). The van der Waals surface area contributed by atoms with E-state index in [-0.39, 0.29) is 25.7 Å². The van der Waals surface area contributed by atoms with Gasteiger partial charge in [-0.1, -0.05) is 61.0 Å². The third-order valence-corrected chi connectivity index (χ3v) is 6.82. The third kappa shape index (κ3) is 3.56. The lowest BCUT2D eigenvalue weighted by Gasteiger charge is -2.46. The molecular formula is C26H21Cl2N3O2. The van der Waals surface area contributed by atoms with Gasteiger partial charge in [0.25, 0.3) is 0 Å². The summed E-state index contributed by atoms with van der Waals surface area (Å²) in [5.74, 6) is -0.886. The Labute approximate surface area is 202 Å². The number of nitrogens with zero attached hydrogens (tertiary/aromatic N) is 1. The first-order chi connectivity index (χ1) is 15.4. The first-order valence-electron chi connectivity index (χ1n) is 10.1. The van der Waals surface area contributed by atoms with Crippen molar-refractivity contribution < 1.29 is 9.59 Å². The summed E-state index contributed by atoms with van der Waals surface area (Å²) in [5.41, 5.74) is 2.16. The van der Waals surface area contributed by atoms with Gasteiger partial charge in [0.15, 0.2) is 0 Å². The van der Waals surface area contributed by atoms with E-state index < -0.39 is 17.4 Å². The molecule has 0 radical (unpaired) electrons. The van der Waals surface area contributed by atoms with Crippen LogP contribution in [0.15, 0.2) is 66.7 Å². The van der Waals surface area contributed by atoms with Gasteiger partial charge >= 0.3 is 0 Å². The summed E-state index contributed by atoms with van der Waals surface area (Å²) in [5, 5.41) is 16.5. The molecule has 2 amide bonds. The fourth-order valence-electron chi connectivity index (χ4n) is 5.08. The highest BCUT2D eigenvalue weighted by molar-refractivity contribution is 6.31. The highest BCUT2D eigenvalue weighted by atomic mass is 35.5. The molecule has 2 N–H and O–H groups in total. The fourth-order valence-corrected chi connectivity index (χ4v) is 5.45. The van der Waals surface area contributed by atoms with Gasteiger partial charge in [0.2, 0.25) is 11.8 Å². The van der Waals surface area contributed by atoms with E-state index in [0.29, 0.717) is 26.9 Å². The molecule has 5 nitrogen and oxygen atoms in total. The molecule has 33 heavy (non-hydrogen) atoms. The predicted octanol–water partition coefficient (Wildman–Crippen LogP) is 5.74. The molecule has 1 saturated heterocycles. The molecular weight excluding hydrogens is 457 g/mol. The van der Waals surface area contributed by atoms with Crippen LogP contribution in [0.25, 0.3) is 0 Å². The van der Waals surface area contributed by atoms with Gasteiger partial charge in [0.1, 0.15) is 5.41 Å². The van der Waals surface area contributed by atoms with Crippen molar-refractivity contribution in [3.8, 4) is 6.07 Å². The number of hydrogen-bond donors (Lipinski definition) is 2. The Morgan fingerprint density at radius 1 is 0.939 bits per heavy atom. The number of carbonyl (C=O) groups excluding carboxylic acids is 2. The maximum absolute atomic E-state index is 13.8. The van der Waals surface area contributed by atoms with Crippen molar-refractivity contribution in [1.82, 2.24) is 5.32 Å². The normalized spacial score (nSPS) is 23.2. The van der Waals surface area contributed by atoms with E-state index in [2.05, 4.69) is 16.7 Å². The lowest BCUT2D eigenvalue weighted by molar-refractivity contribution is -0.131. The maximum Gasteiger partial charge on any atom is 0.238 e. The van der Waals surface area contributed by atoms with E-state index in [9.17, 15) is 14.9 Å². The van der Waals surface area contributed by atoms with Crippen LogP contribution in [0.2, 0.25) is 10.0 Å². The van der Waals surface area contributed by atoms with Crippen LogP contribution in [-0.2, 0) is 15.0 Å². The van der Waals surface area contributed by atoms with E-state index in [1.165, 1.54) is 0 Å². The number of nitrogens with one attached hydrogen (secondary N) is 2. The molecule has 0 bridgehead atoms. The van der Waals surface area contributed by atoms with Crippen LogP contribution in [0, 0.1) is 11.3 Å². The second-order valence-electron chi connectivity index (χ2n) is 8.06. The van der Waals surface area contributed by atoms with Gasteiger partial charge in [0, 0.05) is 28.1 Å². The van der Waals surface area contributed by atoms with Crippen LogP contribution >= 0.6 is 23.2 Å². The molecule has 2 heterocycles. The maximum atomic E-state index is 13.8. The van der Waals surface area contributed by atoms with Crippen molar-refractivity contribution in [2.45, 2.75) is 31.2 Å².